The zero-order valence-electron chi connectivity index (χ0n) is 25.3. The highest BCUT2D eigenvalue weighted by atomic mass is 32.2. The number of hydrogen-bond donors (Lipinski definition) is 5. The lowest BCUT2D eigenvalue weighted by molar-refractivity contribution is -0.139. The molecule has 1 aromatic heterocycles. The fraction of sp³-hybridized carbons (Fsp3) is 0.355. The maximum atomic E-state index is 13.2. The highest BCUT2D eigenvalue weighted by Crippen LogP contribution is 2.23. The number of ether oxygens (including phenoxy) is 1. The molecule has 2 aromatic carbocycles. The van der Waals surface area contributed by atoms with Crippen molar-refractivity contribution in [1.82, 2.24) is 19.9 Å². The predicted octanol–water partition coefficient (Wildman–Crippen LogP) is 2.66. The van der Waals surface area contributed by atoms with Gasteiger partial charge in [-0.1, -0.05) is 42.0 Å². The summed E-state index contributed by atoms with van der Waals surface area (Å²) >= 11 is 0. The molecule has 3 unspecified atom stereocenters. The fourth-order valence-electron chi connectivity index (χ4n) is 5.32. The number of amides is 3. The number of nitrogens with zero attached hydrogens (tertiary/aromatic N) is 2. The Kier molecular flexibility index (Phi) is 11.1. The van der Waals surface area contributed by atoms with Crippen molar-refractivity contribution in [3.63, 3.8) is 0 Å². The van der Waals surface area contributed by atoms with Gasteiger partial charge in [-0.3, -0.25) is 9.59 Å². The number of carboxylic acid groups (broad SMARTS) is 1. The van der Waals surface area contributed by atoms with E-state index in [-0.39, 0.29) is 23.5 Å². The normalized spacial score (nSPS) is 17.0. The number of anilines is 2. The summed E-state index contributed by atoms with van der Waals surface area (Å²) in [4.78, 5) is 43.6. The number of para-hydroxylation sites is 1. The molecule has 3 amide bonds. The zero-order valence-corrected chi connectivity index (χ0v) is 26.1. The summed E-state index contributed by atoms with van der Waals surface area (Å²) in [5, 5.41) is 18.2. The molecule has 1 aliphatic heterocycles. The standard InChI is InChI=1S/C31H38N6O7S/c1-20-13-21(2)29(22(3)14-20)45(42,43)36-26(30(39)40)17-34-28(38)19-44-25-15-24(16-33-27-11-7-8-12-32-27)37(18-25)31(41)35-23-9-5-4-6-10-23/h4-14,24-26,36H,15-19H2,1-3H3,(H,32,33)(H,34,38)(H,35,41)(H,39,40). The molecule has 5 N–H and O–H groups in total. The molecule has 1 aliphatic rings. The third-order valence-corrected chi connectivity index (χ3v) is 9.04. The van der Waals surface area contributed by atoms with Gasteiger partial charge in [0.2, 0.25) is 15.9 Å². The van der Waals surface area contributed by atoms with Crippen LogP contribution >= 0.6 is 0 Å². The van der Waals surface area contributed by atoms with Crippen molar-refractivity contribution in [1.29, 1.82) is 0 Å². The first-order valence-electron chi connectivity index (χ1n) is 14.4. The minimum atomic E-state index is -4.19. The number of hydrogen-bond acceptors (Lipinski definition) is 8. The van der Waals surface area contributed by atoms with E-state index in [1.165, 1.54) is 0 Å². The van der Waals surface area contributed by atoms with Gasteiger partial charge in [0.05, 0.1) is 17.0 Å². The molecule has 14 heteroatoms. The van der Waals surface area contributed by atoms with Gasteiger partial charge in [-0.2, -0.15) is 4.72 Å². The Morgan fingerprint density at radius 2 is 1.73 bits per heavy atom. The molecule has 1 fully saturated rings. The van der Waals surface area contributed by atoms with E-state index >= 15 is 0 Å². The number of sulfonamides is 1. The number of aliphatic carboxylic acids is 1. The number of nitrogens with one attached hydrogen (secondary N) is 4. The van der Waals surface area contributed by atoms with Gasteiger partial charge in [-0.05, 0) is 62.6 Å². The third-order valence-electron chi connectivity index (χ3n) is 7.27. The fourth-order valence-corrected chi connectivity index (χ4v) is 6.96. The molecule has 1 saturated heterocycles. The van der Waals surface area contributed by atoms with Gasteiger partial charge in [-0.25, -0.2) is 18.2 Å². The van der Waals surface area contributed by atoms with Gasteiger partial charge in [0.25, 0.3) is 0 Å². The molecule has 3 aromatic rings. The second kappa shape index (κ2) is 15.0. The highest BCUT2D eigenvalue weighted by molar-refractivity contribution is 7.89. The van der Waals surface area contributed by atoms with Crippen molar-refractivity contribution >= 4 is 39.4 Å². The Hall–Kier alpha value is -4.53. The molecule has 0 aliphatic carbocycles. The third kappa shape index (κ3) is 9.23. The van der Waals surface area contributed by atoms with Crippen LogP contribution in [-0.4, -0.2) is 85.7 Å². The average Bonchev–Trinajstić information content (AvgIpc) is 3.40. The van der Waals surface area contributed by atoms with Gasteiger partial charge < -0.3 is 30.7 Å². The SMILES string of the molecule is Cc1cc(C)c(S(=O)(=O)NC(CNC(=O)COC2CC(CNc3ccccn3)N(C(=O)Nc3ccccc3)C2)C(=O)O)c(C)c1. The Balaban J connectivity index is 1.33. The Morgan fingerprint density at radius 1 is 1.04 bits per heavy atom. The predicted molar refractivity (Wildman–Crippen MR) is 168 cm³/mol. The van der Waals surface area contributed by atoms with Crippen molar-refractivity contribution in [3.05, 3.63) is 83.6 Å². The van der Waals surface area contributed by atoms with E-state index in [9.17, 15) is 27.9 Å². The zero-order chi connectivity index (χ0) is 32.6. The second-order valence-electron chi connectivity index (χ2n) is 10.9. The summed E-state index contributed by atoms with van der Waals surface area (Å²) in [5.41, 5.74) is 2.49. The molecule has 3 atom stereocenters. The largest absolute Gasteiger partial charge is 0.480 e. The van der Waals surface area contributed by atoms with Gasteiger partial charge in [0.1, 0.15) is 18.5 Å². The summed E-state index contributed by atoms with van der Waals surface area (Å²) in [5.74, 6) is -1.42. The lowest BCUT2D eigenvalue weighted by atomic mass is 10.1. The van der Waals surface area contributed by atoms with E-state index < -0.39 is 47.2 Å². The number of aromatic nitrogens is 1. The number of pyridine rings is 1. The number of aryl methyl sites for hydroxylation is 3. The first kappa shape index (κ1) is 33.4. The van der Waals surface area contributed by atoms with E-state index in [1.54, 1.807) is 55.3 Å². The first-order valence-corrected chi connectivity index (χ1v) is 15.9. The molecular weight excluding hydrogens is 600 g/mol. The summed E-state index contributed by atoms with van der Waals surface area (Å²) in [6.45, 7) is 4.82. The lowest BCUT2D eigenvalue weighted by Gasteiger charge is -2.25. The number of benzene rings is 2. The van der Waals surface area contributed by atoms with Gasteiger partial charge in [-0.15, -0.1) is 0 Å². The first-order chi connectivity index (χ1) is 21.4. The Morgan fingerprint density at radius 3 is 2.38 bits per heavy atom. The topological polar surface area (TPSA) is 179 Å². The van der Waals surface area contributed by atoms with Gasteiger partial charge in [0.15, 0.2) is 0 Å². The van der Waals surface area contributed by atoms with Crippen LogP contribution < -0.4 is 20.7 Å². The monoisotopic (exact) mass is 638 g/mol. The maximum absolute atomic E-state index is 13.2. The number of carboxylic acids is 1. The number of urea groups is 1. The molecule has 4 rings (SSSR count). The van der Waals surface area contributed by atoms with Crippen molar-refractivity contribution in [3.8, 4) is 0 Å². The van der Waals surface area contributed by atoms with Crippen LogP contribution in [0.4, 0.5) is 16.3 Å². The Bertz CT molecular complexity index is 1580. The van der Waals surface area contributed by atoms with Crippen molar-refractivity contribution in [2.24, 2.45) is 0 Å². The average molecular weight is 639 g/mol. The molecule has 0 spiro atoms. The van der Waals surface area contributed by atoms with Crippen LogP contribution in [0.1, 0.15) is 23.1 Å². The van der Waals surface area contributed by atoms with E-state index in [4.69, 9.17) is 4.74 Å². The molecular formula is C31H38N6O7S. The van der Waals surface area contributed by atoms with Crippen LogP contribution in [0.15, 0.2) is 71.8 Å². The van der Waals surface area contributed by atoms with Crippen LogP contribution in [0.25, 0.3) is 0 Å². The van der Waals surface area contributed by atoms with Crippen molar-refractivity contribution in [2.75, 3.05) is 36.9 Å². The number of rotatable bonds is 13. The van der Waals surface area contributed by atoms with Crippen molar-refractivity contribution in [2.45, 2.75) is 50.3 Å². The summed E-state index contributed by atoms with van der Waals surface area (Å²) < 4.78 is 34.1. The van der Waals surface area contributed by atoms with E-state index in [0.29, 0.717) is 35.6 Å². The quantitative estimate of drug-likeness (QED) is 0.188. The summed E-state index contributed by atoms with van der Waals surface area (Å²) in [6.07, 6.45) is 1.61. The van der Waals surface area contributed by atoms with E-state index in [2.05, 4.69) is 25.7 Å². The number of carbonyl (C=O) groups excluding carboxylic acids is 2. The minimum Gasteiger partial charge on any atom is -0.480 e. The van der Waals surface area contributed by atoms with Crippen LogP contribution in [0.2, 0.25) is 0 Å². The van der Waals surface area contributed by atoms with Crippen LogP contribution in [0.3, 0.4) is 0 Å². The minimum absolute atomic E-state index is 0.00295. The maximum Gasteiger partial charge on any atom is 0.323 e. The van der Waals surface area contributed by atoms with Gasteiger partial charge in [0, 0.05) is 31.5 Å². The highest BCUT2D eigenvalue weighted by Gasteiger charge is 2.36. The number of carbonyl (C=O) groups is 3. The smallest absolute Gasteiger partial charge is 0.323 e. The molecule has 13 nitrogen and oxygen atoms in total. The van der Waals surface area contributed by atoms with E-state index in [0.717, 1.165) is 5.56 Å². The number of likely N-dealkylation sites (tertiary alicyclic amines) is 1. The van der Waals surface area contributed by atoms with Crippen LogP contribution in [-0.2, 0) is 24.3 Å². The second-order valence-corrected chi connectivity index (χ2v) is 12.6. The van der Waals surface area contributed by atoms with Crippen LogP contribution in [0.5, 0.6) is 0 Å². The molecule has 45 heavy (non-hydrogen) atoms. The summed E-state index contributed by atoms with van der Waals surface area (Å²) in [7, 11) is -4.19. The van der Waals surface area contributed by atoms with Crippen LogP contribution in [0, 0.1) is 20.8 Å². The molecule has 0 radical (unpaired) electrons. The molecule has 2 heterocycles. The molecule has 240 valence electrons. The van der Waals surface area contributed by atoms with Gasteiger partial charge >= 0.3 is 12.0 Å². The summed E-state index contributed by atoms with van der Waals surface area (Å²) in [6, 6.07) is 15.7. The lowest BCUT2D eigenvalue weighted by Crippen LogP contribution is -2.49. The Labute approximate surface area is 262 Å². The molecule has 0 saturated carbocycles. The van der Waals surface area contributed by atoms with E-state index in [1.807, 2.05) is 37.3 Å². The molecule has 0 bridgehead atoms. The van der Waals surface area contributed by atoms with Crippen molar-refractivity contribution < 1.29 is 32.6 Å².